The number of amides is 1. The number of sulfone groups is 1. The zero-order valence-electron chi connectivity index (χ0n) is 10.6. The fourth-order valence-corrected chi connectivity index (χ4v) is 3.18. The van der Waals surface area contributed by atoms with Crippen molar-refractivity contribution in [3.8, 4) is 11.1 Å². The molecule has 104 valence electrons. The molecule has 0 heterocycles. The topological polar surface area (TPSA) is 77.2 Å². The maximum Gasteiger partial charge on any atom is 0.250 e. The Morgan fingerprint density at radius 1 is 1.05 bits per heavy atom. The van der Waals surface area contributed by atoms with E-state index in [1.807, 2.05) is 0 Å². The lowest BCUT2D eigenvalue weighted by Gasteiger charge is -2.12. The van der Waals surface area contributed by atoms with Crippen molar-refractivity contribution >= 4 is 27.3 Å². The monoisotopic (exact) mass is 309 g/mol. The van der Waals surface area contributed by atoms with Gasteiger partial charge in [-0.1, -0.05) is 41.9 Å². The fraction of sp³-hybridized carbons (Fsp3) is 0.0714. The molecule has 2 N–H and O–H groups in total. The zero-order valence-corrected chi connectivity index (χ0v) is 12.2. The van der Waals surface area contributed by atoms with Gasteiger partial charge in [0.2, 0.25) is 0 Å². The smallest absolute Gasteiger partial charge is 0.250 e. The van der Waals surface area contributed by atoms with Crippen LogP contribution >= 0.6 is 11.6 Å². The molecule has 0 fully saturated rings. The van der Waals surface area contributed by atoms with Gasteiger partial charge in [-0.15, -0.1) is 0 Å². The third kappa shape index (κ3) is 2.69. The number of benzene rings is 2. The van der Waals surface area contributed by atoms with Crippen molar-refractivity contribution in [2.45, 2.75) is 4.90 Å². The molecule has 1 amide bonds. The summed E-state index contributed by atoms with van der Waals surface area (Å²) in [6.07, 6.45) is 1.11. The highest BCUT2D eigenvalue weighted by atomic mass is 35.5. The first-order valence-electron chi connectivity index (χ1n) is 5.70. The quantitative estimate of drug-likeness (QED) is 0.946. The Bertz CT molecular complexity index is 785. The minimum Gasteiger partial charge on any atom is -0.366 e. The van der Waals surface area contributed by atoms with Crippen molar-refractivity contribution < 1.29 is 13.2 Å². The standard InChI is InChI=1S/C14H12ClNO3S/c1-20(18,19)12-8-3-2-5-9(12)10-6-4-7-11(15)13(10)14(16)17/h2-8H,1H3,(H2,16,17). The summed E-state index contributed by atoms with van der Waals surface area (Å²) < 4.78 is 23.7. The first-order valence-corrected chi connectivity index (χ1v) is 7.97. The normalized spacial score (nSPS) is 11.3. The molecule has 0 bridgehead atoms. The Kier molecular flexibility index (Phi) is 3.83. The molecule has 0 radical (unpaired) electrons. The molecule has 0 aliphatic heterocycles. The first kappa shape index (κ1) is 14.6. The van der Waals surface area contributed by atoms with Gasteiger partial charge in [0.15, 0.2) is 9.84 Å². The van der Waals surface area contributed by atoms with Crippen LogP contribution in [-0.2, 0) is 9.84 Å². The highest BCUT2D eigenvalue weighted by Crippen LogP contribution is 2.33. The molecule has 0 spiro atoms. The van der Waals surface area contributed by atoms with Crippen LogP contribution in [0.15, 0.2) is 47.4 Å². The van der Waals surface area contributed by atoms with Gasteiger partial charge in [-0.2, -0.15) is 0 Å². The summed E-state index contributed by atoms with van der Waals surface area (Å²) in [5, 5.41) is 0.193. The SMILES string of the molecule is CS(=O)(=O)c1ccccc1-c1cccc(Cl)c1C(N)=O. The Morgan fingerprint density at radius 2 is 1.65 bits per heavy atom. The first-order chi connectivity index (χ1) is 9.32. The number of rotatable bonds is 3. The molecule has 0 saturated carbocycles. The van der Waals surface area contributed by atoms with Crippen LogP contribution in [0.5, 0.6) is 0 Å². The molecule has 6 heteroatoms. The van der Waals surface area contributed by atoms with Gasteiger partial charge in [-0.05, 0) is 17.7 Å². The van der Waals surface area contributed by atoms with E-state index in [0.717, 1.165) is 6.26 Å². The second-order valence-electron chi connectivity index (χ2n) is 4.29. The minimum atomic E-state index is -3.43. The van der Waals surface area contributed by atoms with Crippen LogP contribution in [0.2, 0.25) is 5.02 Å². The zero-order chi connectivity index (χ0) is 14.9. The predicted octanol–water partition coefficient (Wildman–Crippen LogP) is 2.51. The van der Waals surface area contributed by atoms with Crippen molar-refractivity contribution in [3.05, 3.63) is 53.1 Å². The number of nitrogens with two attached hydrogens (primary N) is 1. The van der Waals surface area contributed by atoms with E-state index in [1.165, 1.54) is 12.1 Å². The number of halogens is 1. The van der Waals surface area contributed by atoms with Gasteiger partial charge in [-0.25, -0.2) is 8.42 Å². The predicted molar refractivity (Wildman–Crippen MR) is 78.5 cm³/mol. The molecule has 0 atom stereocenters. The van der Waals surface area contributed by atoms with Gasteiger partial charge >= 0.3 is 0 Å². The Labute approximate surface area is 122 Å². The van der Waals surface area contributed by atoms with E-state index in [0.29, 0.717) is 11.1 Å². The summed E-state index contributed by atoms with van der Waals surface area (Å²) >= 11 is 5.99. The van der Waals surface area contributed by atoms with Gasteiger partial charge in [0.25, 0.3) is 5.91 Å². The lowest BCUT2D eigenvalue weighted by molar-refractivity contribution is 0.100. The maximum absolute atomic E-state index is 11.8. The third-order valence-electron chi connectivity index (χ3n) is 2.84. The fourth-order valence-electron chi connectivity index (χ4n) is 2.01. The molecule has 0 unspecified atom stereocenters. The number of carbonyl (C=O) groups is 1. The molecule has 0 aliphatic carbocycles. The number of hydrogen-bond acceptors (Lipinski definition) is 3. The van der Waals surface area contributed by atoms with Crippen molar-refractivity contribution in [2.24, 2.45) is 5.73 Å². The summed E-state index contributed by atoms with van der Waals surface area (Å²) in [4.78, 5) is 11.7. The Morgan fingerprint density at radius 3 is 2.25 bits per heavy atom. The van der Waals surface area contributed by atoms with Crippen LogP contribution in [0.3, 0.4) is 0 Å². The average molecular weight is 310 g/mol. The molecular formula is C14H12ClNO3S. The molecule has 2 aromatic rings. The third-order valence-corrected chi connectivity index (χ3v) is 4.31. The van der Waals surface area contributed by atoms with E-state index in [2.05, 4.69) is 0 Å². The lowest BCUT2D eigenvalue weighted by Crippen LogP contribution is -2.13. The van der Waals surface area contributed by atoms with Gasteiger partial charge in [0.1, 0.15) is 0 Å². The van der Waals surface area contributed by atoms with E-state index in [9.17, 15) is 13.2 Å². The molecule has 0 aromatic heterocycles. The molecule has 0 saturated heterocycles. The summed E-state index contributed by atoms with van der Waals surface area (Å²) in [5.74, 6) is -0.700. The van der Waals surface area contributed by atoms with Crippen LogP contribution in [0.4, 0.5) is 0 Å². The van der Waals surface area contributed by atoms with Crippen molar-refractivity contribution in [1.82, 2.24) is 0 Å². The molecule has 0 aliphatic rings. The molecule has 20 heavy (non-hydrogen) atoms. The van der Waals surface area contributed by atoms with Crippen LogP contribution in [0.1, 0.15) is 10.4 Å². The van der Waals surface area contributed by atoms with Crippen LogP contribution in [0, 0.1) is 0 Å². The van der Waals surface area contributed by atoms with Crippen molar-refractivity contribution in [2.75, 3.05) is 6.26 Å². The summed E-state index contributed by atoms with van der Waals surface area (Å²) in [5.41, 5.74) is 6.27. The lowest BCUT2D eigenvalue weighted by atomic mass is 9.99. The van der Waals surface area contributed by atoms with E-state index in [4.69, 9.17) is 17.3 Å². The minimum absolute atomic E-state index is 0.116. The van der Waals surface area contributed by atoms with E-state index < -0.39 is 15.7 Å². The number of carbonyl (C=O) groups excluding carboxylic acids is 1. The van der Waals surface area contributed by atoms with Crippen LogP contribution < -0.4 is 5.73 Å². The van der Waals surface area contributed by atoms with Crippen LogP contribution in [-0.4, -0.2) is 20.6 Å². The van der Waals surface area contributed by atoms with Gasteiger partial charge in [-0.3, -0.25) is 4.79 Å². The maximum atomic E-state index is 11.8. The van der Waals surface area contributed by atoms with Gasteiger partial charge in [0.05, 0.1) is 15.5 Å². The largest absolute Gasteiger partial charge is 0.366 e. The molecular weight excluding hydrogens is 298 g/mol. The van der Waals surface area contributed by atoms with Gasteiger partial charge < -0.3 is 5.73 Å². The number of hydrogen-bond donors (Lipinski definition) is 1. The highest BCUT2D eigenvalue weighted by molar-refractivity contribution is 7.90. The van der Waals surface area contributed by atoms with Gasteiger partial charge in [0, 0.05) is 11.8 Å². The molecule has 2 aromatic carbocycles. The second-order valence-corrected chi connectivity index (χ2v) is 6.69. The second kappa shape index (κ2) is 5.26. The van der Waals surface area contributed by atoms with E-state index in [-0.39, 0.29) is 15.5 Å². The van der Waals surface area contributed by atoms with E-state index >= 15 is 0 Å². The van der Waals surface area contributed by atoms with Crippen LogP contribution in [0.25, 0.3) is 11.1 Å². The molecule has 2 rings (SSSR count). The van der Waals surface area contributed by atoms with E-state index in [1.54, 1.807) is 30.3 Å². The Balaban J connectivity index is 2.84. The average Bonchev–Trinajstić information content (AvgIpc) is 2.37. The summed E-state index contributed by atoms with van der Waals surface area (Å²) in [7, 11) is -3.43. The van der Waals surface area contributed by atoms with Crippen molar-refractivity contribution in [1.29, 1.82) is 0 Å². The highest BCUT2D eigenvalue weighted by Gasteiger charge is 2.19. The molecule has 4 nitrogen and oxygen atoms in total. The summed E-state index contributed by atoms with van der Waals surface area (Å²) in [6.45, 7) is 0. The van der Waals surface area contributed by atoms with Crippen molar-refractivity contribution in [3.63, 3.8) is 0 Å². The summed E-state index contributed by atoms with van der Waals surface area (Å²) in [6, 6.07) is 11.2. The number of primary amides is 1. The Hall–Kier alpha value is -1.85.